The van der Waals surface area contributed by atoms with E-state index in [-0.39, 0.29) is 17.0 Å². The Labute approximate surface area is 321 Å². The van der Waals surface area contributed by atoms with E-state index in [9.17, 15) is 19.1 Å². The number of hydrogen-bond acceptors (Lipinski definition) is 6. The third-order valence-electron chi connectivity index (χ3n) is 8.99. The van der Waals surface area contributed by atoms with Gasteiger partial charge in [0.1, 0.15) is 11.4 Å². The van der Waals surface area contributed by atoms with Gasteiger partial charge in [-0.3, -0.25) is 9.78 Å². The molecule has 0 atom stereocenters. The summed E-state index contributed by atoms with van der Waals surface area (Å²) in [5.41, 5.74) is 7.46. The second-order valence-electron chi connectivity index (χ2n) is 12.6. The molecule has 3 aromatic carbocycles. The number of piperazine rings is 1. The first-order valence-electron chi connectivity index (χ1n) is 16.7. The number of anilines is 1. The van der Waals surface area contributed by atoms with E-state index in [1.807, 2.05) is 39.8 Å². The van der Waals surface area contributed by atoms with Gasteiger partial charge in [-0.05, 0) is 79.4 Å². The molecule has 2 fully saturated rings. The van der Waals surface area contributed by atoms with E-state index in [2.05, 4.69) is 107 Å². The number of benzene rings is 3. The van der Waals surface area contributed by atoms with E-state index >= 15 is 0 Å². The number of hydrogen-bond donors (Lipinski definition) is 2. The number of halogens is 3. The number of nitrogens with one attached hydrogen (secondary N) is 1. The monoisotopic (exact) mass is 829 g/mol. The molecule has 4 heterocycles. The first-order chi connectivity index (χ1) is 25.2. The molecule has 1 saturated heterocycles. The minimum absolute atomic E-state index is 0.137. The molecule has 8 rings (SSSR count). The maximum atomic E-state index is 14.6. The summed E-state index contributed by atoms with van der Waals surface area (Å²) < 4.78 is 17.5. The van der Waals surface area contributed by atoms with Crippen molar-refractivity contribution < 1.29 is 29.4 Å². The van der Waals surface area contributed by atoms with Gasteiger partial charge in [-0.1, -0.05) is 64.0 Å². The van der Waals surface area contributed by atoms with Gasteiger partial charge < -0.3 is 19.9 Å². The fraction of sp³-hybridized carbons (Fsp3) is 0.200. The Kier molecular flexibility index (Phi) is 12.2. The number of aryl methyl sites for hydroxylation is 1. The number of fused-ring (bicyclic) bond motifs is 1. The van der Waals surface area contributed by atoms with E-state index in [0.29, 0.717) is 24.3 Å². The van der Waals surface area contributed by atoms with Crippen molar-refractivity contribution in [2.45, 2.75) is 25.8 Å². The van der Waals surface area contributed by atoms with Crippen molar-refractivity contribution in [1.29, 1.82) is 0 Å². The predicted molar refractivity (Wildman–Crippen MR) is 205 cm³/mol. The van der Waals surface area contributed by atoms with Gasteiger partial charge in [0.15, 0.2) is 0 Å². The van der Waals surface area contributed by atoms with E-state index in [4.69, 9.17) is 4.98 Å². The summed E-state index contributed by atoms with van der Waals surface area (Å²) in [5.74, 6) is -1.76. The zero-order valence-corrected chi connectivity index (χ0v) is 31.4. The third-order valence-corrected chi connectivity index (χ3v) is 9.48. The molecular weight excluding hydrogens is 796 g/mol. The number of carboxylic acid groups (broad SMARTS) is 1. The zero-order valence-electron chi connectivity index (χ0n) is 28.1. The normalized spacial score (nSPS) is 13.8. The number of aromatic carboxylic acids is 1. The second-order valence-corrected chi connectivity index (χ2v) is 13.5. The molecule has 52 heavy (non-hydrogen) atoms. The Balaban J connectivity index is 0.000000171. The van der Waals surface area contributed by atoms with Crippen molar-refractivity contribution in [1.82, 2.24) is 19.9 Å². The van der Waals surface area contributed by atoms with Gasteiger partial charge in [-0.25, -0.2) is 14.2 Å². The molecule has 1 aliphatic carbocycles. The van der Waals surface area contributed by atoms with Crippen molar-refractivity contribution in [2.24, 2.45) is 0 Å². The molecule has 0 unspecified atom stereocenters. The van der Waals surface area contributed by atoms with Gasteiger partial charge in [-0.15, -0.1) is 0 Å². The van der Waals surface area contributed by atoms with Crippen LogP contribution in [0.3, 0.4) is 0 Å². The van der Waals surface area contributed by atoms with Crippen LogP contribution in [-0.4, -0.2) is 51.8 Å². The Morgan fingerprint density at radius 1 is 0.904 bits per heavy atom. The molecule has 0 radical (unpaired) electrons. The molecule has 270 valence electrons. The Morgan fingerprint density at radius 3 is 2.29 bits per heavy atom. The molecule has 3 aromatic heterocycles. The van der Waals surface area contributed by atoms with Crippen molar-refractivity contribution in [3.63, 3.8) is 0 Å². The summed E-state index contributed by atoms with van der Waals surface area (Å²) in [6, 6.07) is 30.0. The Bertz CT molecular complexity index is 2260. The third kappa shape index (κ3) is 8.62. The van der Waals surface area contributed by atoms with Crippen molar-refractivity contribution in [3.8, 4) is 33.8 Å². The summed E-state index contributed by atoms with van der Waals surface area (Å²) in [6.07, 6.45) is 5.09. The van der Waals surface area contributed by atoms with Crippen LogP contribution in [0.5, 0.6) is 0 Å². The van der Waals surface area contributed by atoms with Crippen LogP contribution >= 0.6 is 26.0 Å². The average molecular weight is 832 g/mol. The number of aromatic nitrogens is 3. The van der Waals surface area contributed by atoms with Crippen LogP contribution in [0.1, 0.15) is 34.8 Å². The first kappa shape index (κ1) is 37.4. The summed E-state index contributed by atoms with van der Waals surface area (Å²) in [6.45, 7) is 5.05. The molecule has 0 bridgehead atoms. The Hall–Kier alpha value is -4.38. The quantitative estimate of drug-likeness (QED) is 0.162. The van der Waals surface area contributed by atoms with Crippen LogP contribution in [0.4, 0.5) is 10.1 Å². The Morgan fingerprint density at radius 2 is 1.63 bits per heavy atom. The molecule has 2 N–H and O–H groups in total. The molecule has 6 aromatic rings. The van der Waals surface area contributed by atoms with Gasteiger partial charge in [0.25, 0.3) is 0 Å². The number of pyridine rings is 3. The van der Waals surface area contributed by atoms with Crippen LogP contribution in [0, 0.1) is 12.7 Å². The van der Waals surface area contributed by atoms with Crippen LogP contribution in [-0.2, 0) is 15.1 Å². The standard InChI is InChI=1S/C23H17BrN2.C17H18FN3O3.ClH.Cu/c1-16-8-10-17(11-9-16)22-14-19(18-5-4-6-20(24)13-18)15-23(26-22)21-7-2-3-12-25-21;18-13-7-11-14(8-15(13)20-5-3-19-4-6-20)21(10-1-2-10)9-12(16(11)22)17(23)24;;/h2-15H,1H3;7-10,19H,1-6H2,(H,23,24);1H;/q;;;+1/p-1. The molecule has 0 amide bonds. The van der Waals surface area contributed by atoms with Crippen molar-refractivity contribution >= 4 is 48.6 Å². The van der Waals surface area contributed by atoms with Crippen LogP contribution in [0.15, 0.2) is 113 Å². The number of nitrogens with zero attached hydrogens (tertiary/aromatic N) is 4. The van der Waals surface area contributed by atoms with Gasteiger partial charge in [0.05, 0.1) is 28.3 Å². The van der Waals surface area contributed by atoms with Gasteiger partial charge in [0.2, 0.25) is 5.43 Å². The molecule has 0 spiro atoms. The zero-order chi connectivity index (χ0) is 36.8. The molecule has 8 nitrogen and oxygen atoms in total. The summed E-state index contributed by atoms with van der Waals surface area (Å²) in [7, 11) is 4.20. The SMILES string of the molecule is Cc1ccc(-c2cc(-c3cccc(Br)c3)cc(-c3ccccn3)n2)cc1.O=C(O)c1cn(C2CC2)c2cc(N3CCNCC3)c(F)cc2c1=O.[Cl][Cu]. The predicted octanol–water partition coefficient (Wildman–Crippen LogP) is 8.82. The minimum atomic E-state index is -1.28. The maximum absolute atomic E-state index is 14.6. The number of carboxylic acids is 1. The van der Waals surface area contributed by atoms with E-state index in [1.165, 1.54) is 17.8 Å². The number of rotatable bonds is 6. The molecular formula is C40H35BrClCuFN5O3. The van der Waals surface area contributed by atoms with Crippen LogP contribution in [0.2, 0.25) is 0 Å². The van der Waals surface area contributed by atoms with Crippen molar-refractivity contribution in [3.05, 3.63) is 135 Å². The fourth-order valence-electron chi connectivity index (χ4n) is 6.20. The first-order valence-corrected chi connectivity index (χ1v) is 18.8. The topological polar surface area (TPSA) is 100 Å². The van der Waals surface area contributed by atoms with E-state index in [0.717, 1.165) is 64.2 Å². The van der Waals surface area contributed by atoms with Gasteiger partial charge in [-0.2, -0.15) is 0 Å². The van der Waals surface area contributed by atoms with Crippen LogP contribution < -0.4 is 15.6 Å². The van der Waals surface area contributed by atoms with Crippen LogP contribution in [0.25, 0.3) is 44.7 Å². The fourth-order valence-corrected chi connectivity index (χ4v) is 6.60. The average Bonchev–Trinajstić information content (AvgIpc) is 4.03. The molecule has 2 aliphatic rings. The van der Waals surface area contributed by atoms with Gasteiger partial charge in [0, 0.05) is 60.0 Å². The summed E-state index contributed by atoms with van der Waals surface area (Å²) in [4.78, 5) is 35.1. The van der Waals surface area contributed by atoms with E-state index in [1.54, 1.807) is 12.3 Å². The van der Waals surface area contributed by atoms with Crippen molar-refractivity contribution in [2.75, 3.05) is 31.1 Å². The number of carbonyl (C=O) groups is 1. The van der Waals surface area contributed by atoms with Gasteiger partial charge >= 0.3 is 31.2 Å². The summed E-state index contributed by atoms with van der Waals surface area (Å²) in [5, 5.41) is 12.6. The molecule has 1 saturated carbocycles. The second kappa shape index (κ2) is 17.0. The van der Waals surface area contributed by atoms with E-state index < -0.39 is 17.2 Å². The molecule has 12 heteroatoms. The summed E-state index contributed by atoms with van der Waals surface area (Å²) >= 11 is 7.23. The molecule has 1 aliphatic heterocycles.